The maximum absolute atomic E-state index is 10.4. The van der Waals surface area contributed by atoms with Gasteiger partial charge >= 0.3 is 0 Å². The van der Waals surface area contributed by atoms with Crippen LogP contribution in [0.25, 0.3) is 0 Å². The van der Waals surface area contributed by atoms with E-state index in [4.69, 9.17) is 11.5 Å². The molecule has 0 bridgehead atoms. The zero-order valence-corrected chi connectivity index (χ0v) is 18.4. The number of phenolic OH excluding ortho intramolecular Hbond substituents is 2. The molecule has 154 valence electrons. The third kappa shape index (κ3) is 4.03. The zero-order valence-electron chi connectivity index (χ0n) is 18.4. The summed E-state index contributed by atoms with van der Waals surface area (Å²) >= 11 is 0. The van der Waals surface area contributed by atoms with Gasteiger partial charge in [0.25, 0.3) is 0 Å². The Balaban J connectivity index is 2.84. The van der Waals surface area contributed by atoms with Crippen molar-refractivity contribution in [1.29, 1.82) is 0 Å². The first-order valence-corrected chi connectivity index (χ1v) is 9.95. The lowest BCUT2D eigenvalue weighted by atomic mass is 9.72. The van der Waals surface area contributed by atoms with Crippen LogP contribution in [0.5, 0.6) is 11.5 Å². The monoisotopic (exact) mass is 384 g/mol. The Morgan fingerprint density at radius 3 is 1.29 bits per heavy atom. The second kappa shape index (κ2) is 7.76. The van der Waals surface area contributed by atoms with Crippen LogP contribution in [0.1, 0.15) is 87.8 Å². The van der Waals surface area contributed by atoms with E-state index in [1.54, 1.807) is 12.1 Å². The van der Waals surface area contributed by atoms with Crippen molar-refractivity contribution < 1.29 is 10.2 Å². The summed E-state index contributed by atoms with van der Waals surface area (Å²) in [5.41, 5.74) is 17.7. The normalized spacial score (nSPS) is 12.6. The van der Waals surface area contributed by atoms with Gasteiger partial charge in [-0.05, 0) is 45.2 Å². The van der Waals surface area contributed by atoms with Gasteiger partial charge < -0.3 is 21.7 Å². The average molecular weight is 385 g/mol. The first-order valence-electron chi connectivity index (χ1n) is 9.95. The van der Waals surface area contributed by atoms with Crippen molar-refractivity contribution in [2.24, 2.45) is 11.5 Å². The van der Waals surface area contributed by atoms with E-state index in [1.165, 1.54) is 0 Å². The zero-order chi connectivity index (χ0) is 21.4. The van der Waals surface area contributed by atoms with Crippen molar-refractivity contribution in [2.45, 2.75) is 78.3 Å². The number of phenols is 2. The minimum Gasteiger partial charge on any atom is -0.508 e. The predicted molar refractivity (Wildman–Crippen MR) is 117 cm³/mol. The van der Waals surface area contributed by atoms with E-state index >= 15 is 0 Å². The summed E-state index contributed by atoms with van der Waals surface area (Å²) in [7, 11) is 0. The lowest BCUT2D eigenvalue weighted by molar-refractivity contribution is 0.459. The van der Waals surface area contributed by atoms with Crippen molar-refractivity contribution in [1.82, 2.24) is 0 Å². The summed E-state index contributed by atoms with van der Waals surface area (Å²) in [6.07, 6.45) is 0. The molecular weight excluding hydrogens is 348 g/mol. The van der Waals surface area contributed by atoms with Crippen LogP contribution in [-0.4, -0.2) is 10.2 Å². The fraction of sp³-hybridized carbons (Fsp3) is 0.500. The lowest BCUT2D eigenvalue weighted by Gasteiger charge is -2.33. The molecule has 0 aromatic heterocycles. The third-order valence-electron chi connectivity index (χ3n) is 5.48. The Morgan fingerprint density at radius 2 is 1.04 bits per heavy atom. The molecule has 0 aliphatic rings. The molecule has 0 heterocycles. The first-order chi connectivity index (χ1) is 12.8. The van der Waals surface area contributed by atoms with Crippen LogP contribution in [0, 0.1) is 0 Å². The van der Waals surface area contributed by atoms with E-state index in [0.29, 0.717) is 0 Å². The van der Waals surface area contributed by atoms with E-state index in [1.807, 2.05) is 12.1 Å². The molecule has 0 amide bonds. The number of hydrogen-bond donors (Lipinski definition) is 4. The van der Waals surface area contributed by atoms with Crippen LogP contribution in [0.4, 0.5) is 0 Å². The van der Waals surface area contributed by atoms with Crippen molar-refractivity contribution in [3.8, 4) is 11.5 Å². The highest BCUT2D eigenvalue weighted by molar-refractivity contribution is 5.55. The average Bonchev–Trinajstić information content (AvgIpc) is 2.58. The van der Waals surface area contributed by atoms with Crippen LogP contribution < -0.4 is 11.5 Å². The Labute approximate surface area is 169 Å². The second-order valence-corrected chi connectivity index (χ2v) is 9.68. The van der Waals surface area contributed by atoms with Gasteiger partial charge in [0.05, 0.1) is 0 Å². The van der Waals surface area contributed by atoms with Crippen LogP contribution in [0.2, 0.25) is 0 Å². The Morgan fingerprint density at radius 1 is 0.714 bits per heavy atom. The molecule has 0 aliphatic carbocycles. The number of rotatable bonds is 4. The quantitative estimate of drug-likeness (QED) is 0.611. The summed E-state index contributed by atoms with van der Waals surface area (Å²) in [6, 6.07) is 7.48. The van der Waals surface area contributed by atoms with Gasteiger partial charge in [-0.3, -0.25) is 0 Å². The SMILES string of the molecule is CC(c1ccc(O)c(CN)c1C(C)(C)C)c1ccc(O)c(CN)c1C(C)(C)C. The molecule has 4 heteroatoms. The van der Waals surface area contributed by atoms with Crippen molar-refractivity contribution in [3.63, 3.8) is 0 Å². The summed E-state index contributed by atoms with van der Waals surface area (Å²) in [6.45, 7) is 15.6. The highest BCUT2D eigenvalue weighted by atomic mass is 16.3. The predicted octanol–water partition coefficient (Wildman–Crippen LogP) is 4.76. The smallest absolute Gasteiger partial charge is 0.120 e. The van der Waals surface area contributed by atoms with E-state index in [-0.39, 0.29) is 41.3 Å². The van der Waals surface area contributed by atoms with E-state index < -0.39 is 0 Å². The highest BCUT2D eigenvalue weighted by Gasteiger charge is 2.30. The molecule has 0 radical (unpaired) electrons. The molecule has 0 spiro atoms. The highest BCUT2D eigenvalue weighted by Crippen LogP contribution is 2.43. The molecule has 6 N–H and O–H groups in total. The largest absolute Gasteiger partial charge is 0.508 e. The Bertz CT molecular complexity index is 787. The van der Waals surface area contributed by atoms with Gasteiger partial charge in [0.15, 0.2) is 0 Å². The second-order valence-electron chi connectivity index (χ2n) is 9.68. The molecule has 28 heavy (non-hydrogen) atoms. The molecule has 4 nitrogen and oxygen atoms in total. The Kier molecular flexibility index (Phi) is 6.17. The van der Waals surface area contributed by atoms with Crippen LogP contribution in [-0.2, 0) is 23.9 Å². The summed E-state index contributed by atoms with van der Waals surface area (Å²) < 4.78 is 0. The van der Waals surface area contributed by atoms with Gasteiger partial charge in [-0.15, -0.1) is 0 Å². The minimum absolute atomic E-state index is 0.0558. The molecule has 2 aromatic carbocycles. The molecule has 0 saturated carbocycles. The molecule has 2 rings (SSSR count). The van der Waals surface area contributed by atoms with Gasteiger partial charge in [0, 0.05) is 30.1 Å². The third-order valence-corrected chi connectivity index (χ3v) is 5.48. The Hall–Kier alpha value is -2.04. The maximum Gasteiger partial charge on any atom is 0.120 e. The molecular formula is C24H36N2O2. The van der Waals surface area contributed by atoms with Gasteiger partial charge in [0.1, 0.15) is 11.5 Å². The fourth-order valence-electron chi connectivity index (χ4n) is 4.38. The summed E-state index contributed by atoms with van der Waals surface area (Å²) in [5, 5.41) is 20.8. The van der Waals surface area contributed by atoms with Gasteiger partial charge in [0.2, 0.25) is 0 Å². The van der Waals surface area contributed by atoms with Crippen LogP contribution in [0.15, 0.2) is 24.3 Å². The minimum atomic E-state index is -0.174. The lowest BCUT2D eigenvalue weighted by Crippen LogP contribution is -2.23. The standard InChI is InChI=1S/C24H36N2O2/c1-14(15-8-10-19(27)17(12-25)21(15)23(2,3)4)16-9-11-20(28)18(13-26)22(16)24(5,6)7/h8-11,14,27-28H,12-13,25-26H2,1-7H3. The van der Waals surface area contributed by atoms with Gasteiger partial charge in [-0.1, -0.05) is 60.6 Å². The van der Waals surface area contributed by atoms with Crippen molar-refractivity contribution >= 4 is 0 Å². The van der Waals surface area contributed by atoms with Crippen molar-refractivity contribution in [2.75, 3.05) is 0 Å². The number of benzene rings is 2. The molecule has 0 atom stereocenters. The molecule has 0 fully saturated rings. The molecule has 2 aromatic rings. The van der Waals surface area contributed by atoms with Crippen molar-refractivity contribution in [3.05, 3.63) is 57.6 Å². The van der Waals surface area contributed by atoms with E-state index in [9.17, 15) is 10.2 Å². The van der Waals surface area contributed by atoms with Gasteiger partial charge in [-0.25, -0.2) is 0 Å². The summed E-state index contributed by atoms with van der Waals surface area (Å²) in [4.78, 5) is 0. The number of aromatic hydroxyl groups is 2. The van der Waals surface area contributed by atoms with E-state index in [0.717, 1.165) is 33.4 Å². The van der Waals surface area contributed by atoms with Crippen LogP contribution >= 0.6 is 0 Å². The molecule has 0 aliphatic heterocycles. The number of hydrogen-bond acceptors (Lipinski definition) is 4. The van der Waals surface area contributed by atoms with Crippen LogP contribution in [0.3, 0.4) is 0 Å². The van der Waals surface area contributed by atoms with E-state index in [2.05, 4.69) is 48.5 Å². The first kappa shape index (κ1) is 22.3. The fourth-order valence-corrected chi connectivity index (χ4v) is 4.38. The maximum atomic E-state index is 10.4. The topological polar surface area (TPSA) is 92.5 Å². The van der Waals surface area contributed by atoms with Gasteiger partial charge in [-0.2, -0.15) is 0 Å². The number of nitrogens with two attached hydrogens (primary N) is 2. The molecule has 0 saturated heterocycles. The molecule has 0 unspecified atom stereocenters. The summed E-state index contributed by atoms with van der Waals surface area (Å²) in [5.74, 6) is 0.542.